The van der Waals surface area contributed by atoms with Crippen LogP contribution in [0.1, 0.15) is 35.6 Å². The van der Waals surface area contributed by atoms with Crippen LogP contribution in [0, 0.1) is 18.3 Å². The van der Waals surface area contributed by atoms with E-state index in [9.17, 15) is 0 Å². The molecule has 0 aliphatic heterocycles. The number of nitrogens with one attached hydrogen (secondary N) is 3. The predicted octanol–water partition coefficient (Wildman–Crippen LogP) is 3.94. The van der Waals surface area contributed by atoms with Crippen LogP contribution in [0.5, 0.6) is 0 Å². The number of hydrogen-bond donors (Lipinski definition) is 3. The van der Waals surface area contributed by atoms with Gasteiger partial charge in [0, 0.05) is 35.1 Å². The van der Waals surface area contributed by atoms with Crippen LogP contribution in [0.2, 0.25) is 0 Å². The lowest BCUT2D eigenvalue weighted by Gasteiger charge is -2.09. The van der Waals surface area contributed by atoms with Gasteiger partial charge < -0.3 is 10.6 Å². The maximum Gasteiger partial charge on any atom is 0.229 e. The average molecular weight is 345 g/mol. The molecule has 7 heteroatoms. The van der Waals surface area contributed by atoms with Gasteiger partial charge in [0.05, 0.1) is 12.5 Å². The van der Waals surface area contributed by atoms with Crippen molar-refractivity contribution in [1.29, 1.82) is 5.26 Å². The van der Waals surface area contributed by atoms with Gasteiger partial charge in [-0.3, -0.25) is 5.10 Å². The zero-order valence-electron chi connectivity index (χ0n) is 14.5. The number of nitriles is 1. The van der Waals surface area contributed by atoms with Crippen molar-refractivity contribution in [1.82, 2.24) is 20.2 Å². The van der Waals surface area contributed by atoms with Crippen LogP contribution in [0.25, 0.3) is 0 Å². The molecule has 26 heavy (non-hydrogen) atoms. The summed E-state index contributed by atoms with van der Waals surface area (Å²) in [5.74, 6) is 2.62. The van der Waals surface area contributed by atoms with Crippen LogP contribution in [0.4, 0.5) is 23.3 Å². The fourth-order valence-electron chi connectivity index (χ4n) is 2.68. The number of aryl methyl sites for hydroxylation is 1. The molecule has 130 valence electrons. The minimum absolute atomic E-state index is 0.405. The SMILES string of the molecule is Cc1cnc(Nc2ccc(CC#N)cc2)nc1Nc1cc(C2CC2)[nH]n1. The first kappa shape index (κ1) is 16.1. The first-order valence-corrected chi connectivity index (χ1v) is 8.60. The Balaban J connectivity index is 1.48. The Hall–Kier alpha value is -3.40. The molecule has 0 spiro atoms. The molecule has 1 aliphatic rings. The topological polar surface area (TPSA) is 102 Å². The number of nitrogens with zero attached hydrogens (tertiary/aromatic N) is 4. The third kappa shape index (κ3) is 3.64. The Morgan fingerprint density at radius 3 is 2.77 bits per heavy atom. The van der Waals surface area contributed by atoms with E-state index >= 15 is 0 Å². The van der Waals surface area contributed by atoms with Crippen molar-refractivity contribution in [2.75, 3.05) is 10.6 Å². The van der Waals surface area contributed by atoms with E-state index in [1.807, 2.05) is 37.3 Å². The highest BCUT2D eigenvalue weighted by Crippen LogP contribution is 2.39. The Bertz CT molecular complexity index is 949. The maximum atomic E-state index is 8.74. The maximum absolute atomic E-state index is 8.74. The van der Waals surface area contributed by atoms with Gasteiger partial charge in [0.15, 0.2) is 5.82 Å². The van der Waals surface area contributed by atoms with Crippen molar-refractivity contribution >= 4 is 23.3 Å². The fourth-order valence-corrected chi connectivity index (χ4v) is 2.68. The Kier molecular flexibility index (Phi) is 4.23. The minimum atomic E-state index is 0.405. The first-order valence-electron chi connectivity index (χ1n) is 8.60. The highest BCUT2D eigenvalue weighted by molar-refractivity contribution is 5.60. The van der Waals surface area contributed by atoms with E-state index < -0.39 is 0 Å². The van der Waals surface area contributed by atoms with Gasteiger partial charge in [0.25, 0.3) is 0 Å². The van der Waals surface area contributed by atoms with Crippen molar-refractivity contribution < 1.29 is 0 Å². The van der Waals surface area contributed by atoms with Gasteiger partial charge in [0.1, 0.15) is 5.82 Å². The lowest BCUT2D eigenvalue weighted by atomic mass is 10.1. The van der Waals surface area contributed by atoms with E-state index in [0.717, 1.165) is 28.5 Å². The van der Waals surface area contributed by atoms with Crippen LogP contribution in [0.3, 0.4) is 0 Å². The van der Waals surface area contributed by atoms with E-state index in [-0.39, 0.29) is 0 Å². The van der Waals surface area contributed by atoms with Crippen LogP contribution < -0.4 is 10.6 Å². The summed E-state index contributed by atoms with van der Waals surface area (Å²) in [7, 11) is 0. The van der Waals surface area contributed by atoms with Gasteiger partial charge in [-0.15, -0.1) is 0 Å². The number of anilines is 4. The van der Waals surface area contributed by atoms with E-state index in [0.29, 0.717) is 18.3 Å². The second-order valence-electron chi connectivity index (χ2n) is 6.49. The summed E-state index contributed by atoms with van der Waals surface area (Å²) >= 11 is 0. The molecule has 3 N–H and O–H groups in total. The van der Waals surface area contributed by atoms with Gasteiger partial charge in [-0.2, -0.15) is 15.3 Å². The summed E-state index contributed by atoms with van der Waals surface area (Å²) in [5.41, 5.74) is 3.97. The number of hydrogen-bond acceptors (Lipinski definition) is 6. The van der Waals surface area contributed by atoms with Crippen molar-refractivity contribution in [2.45, 2.75) is 32.1 Å². The molecule has 1 fully saturated rings. The molecule has 1 saturated carbocycles. The van der Waals surface area contributed by atoms with Gasteiger partial charge in [-0.25, -0.2) is 4.98 Å². The highest BCUT2D eigenvalue weighted by atomic mass is 15.2. The molecule has 1 aromatic carbocycles. The molecule has 1 aliphatic carbocycles. The Morgan fingerprint density at radius 1 is 1.23 bits per heavy atom. The standard InChI is InChI=1S/C19H19N7/c1-12-11-21-19(22-15-6-2-13(3-7-15)8-9-20)24-18(12)23-17-10-16(25-26-17)14-4-5-14/h2-3,6-7,10-11,14H,4-5,8H2,1H3,(H3,21,22,23,24,25,26). The number of aromatic nitrogens is 4. The molecule has 0 unspecified atom stereocenters. The lowest BCUT2D eigenvalue weighted by molar-refractivity contribution is 0.966. The van der Waals surface area contributed by atoms with Crippen molar-refractivity contribution in [3.63, 3.8) is 0 Å². The second kappa shape index (κ2) is 6.84. The second-order valence-corrected chi connectivity index (χ2v) is 6.49. The van der Waals surface area contributed by atoms with Crippen molar-refractivity contribution in [3.8, 4) is 6.07 Å². The minimum Gasteiger partial charge on any atom is -0.324 e. The molecular weight excluding hydrogens is 326 g/mol. The molecular formula is C19H19N7. The van der Waals surface area contributed by atoms with Gasteiger partial charge in [-0.1, -0.05) is 12.1 Å². The summed E-state index contributed by atoms with van der Waals surface area (Å²) in [6.07, 6.45) is 4.64. The third-order valence-corrected chi connectivity index (χ3v) is 4.33. The molecule has 0 radical (unpaired) electrons. The summed E-state index contributed by atoms with van der Waals surface area (Å²) in [6.45, 7) is 1.96. The van der Waals surface area contributed by atoms with Gasteiger partial charge in [0.2, 0.25) is 5.95 Å². The lowest BCUT2D eigenvalue weighted by Crippen LogP contribution is -2.03. The monoisotopic (exact) mass is 345 g/mol. The zero-order chi connectivity index (χ0) is 17.9. The predicted molar refractivity (Wildman–Crippen MR) is 99.7 cm³/mol. The average Bonchev–Trinajstić information content (AvgIpc) is 3.39. The molecule has 3 aromatic rings. The fraction of sp³-hybridized carbons (Fsp3) is 0.263. The smallest absolute Gasteiger partial charge is 0.229 e. The first-order chi connectivity index (χ1) is 12.7. The largest absolute Gasteiger partial charge is 0.324 e. The van der Waals surface area contributed by atoms with Gasteiger partial charge in [-0.05, 0) is 37.5 Å². The molecule has 0 saturated heterocycles. The Morgan fingerprint density at radius 2 is 2.04 bits per heavy atom. The zero-order valence-corrected chi connectivity index (χ0v) is 14.5. The van der Waals surface area contributed by atoms with Crippen LogP contribution >= 0.6 is 0 Å². The summed E-state index contributed by atoms with van der Waals surface area (Å²) < 4.78 is 0. The molecule has 0 amide bonds. The summed E-state index contributed by atoms with van der Waals surface area (Å²) in [5, 5.41) is 22.6. The molecule has 4 rings (SSSR count). The van der Waals surface area contributed by atoms with Crippen molar-refractivity contribution in [3.05, 3.63) is 53.3 Å². The molecule has 0 bridgehead atoms. The third-order valence-electron chi connectivity index (χ3n) is 4.33. The summed E-state index contributed by atoms with van der Waals surface area (Å²) in [4.78, 5) is 8.89. The number of rotatable bonds is 6. The molecule has 2 aromatic heterocycles. The van der Waals surface area contributed by atoms with Crippen LogP contribution in [-0.4, -0.2) is 20.2 Å². The normalized spacial score (nSPS) is 13.2. The van der Waals surface area contributed by atoms with E-state index in [4.69, 9.17) is 5.26 Å². The number of aromatic amines is 1. The molecule has 0 atom stereocenters. The number of benzene rings is 1. The quantitative estimate of drug-likeness (QED) is 0.625. The van der Waals surface area contributed by atoms with Crippen LogP contribution in [0.15, 0.2) is 36.5 Å². The summed E-state index contributed by atoms with van der Waals surface area (Å²) in [6, 6.07) is 11.9. The van der Waals surface area contributed by atoms with Crippen molar-refractivity contribution in [2.24, 2.45) is 0 Å². The van der Waals surface area contributed by atoms with E-state index in [2.05, 4.69) is 36.9 Å². The van der Waals surface area contributed by atoms with E-state index in [1.165, 1.54) is 18.5 Å². The number of H-pyrrole nitrogens is 1. The van der Waals surface area contributed by atoms with E-state index in [1.54, 1.807) is 6.20 Å². The Labute approximate surface area is 151 Å². The highest BCUT2D eigenvalue weighted by Gasteiger charge is 2.25. The van der Waals surface area contributed by atoms with Crippen LogP contribution in [-0.2, 0) is 6.42 Å². The van der Waals surface area contributed by atoms with Gasteiger partial charge >= 0.3 is 0 Å². The molecule has 7 nitrogen and oxygen atoms in total. The molecule has 2 heterocycles.